The van der Waals surface area contributed by atoms with Gasteiger partial charge in [0.1, 0.15) is 0 Å². The molecule has 2 aromatic rings. The van der Waals surface area contributed by atoms with E-state index in [4.69, 9.17) is 0 Å². The molecular weight excluding hydrogens is 212 g/mol. The maximum absolute atomic E-state index is 11.8. The molecule has 17 heavy (non-hydrogen) atoms. The van der Waals surface area contributed by atoms with Crippen LogP contribution in [0.3, 0.4) is 0 Å². The molecule has 1 amide bonds. The first-order valence-electron chi connectivity index (χ1n) is 5.61. The molecule has 0 saturated heterocycles. The van der Waals surface area contributed by atoms with Crippen molar-refractivity contribution in [1.29, 1.82) is 0 Å². The summed E-state index contributed by atoms with van der Waals surface area (Å²) in [5, 5.41) is 2.92. The number of aryl methyl sites for hydroxylation is 2. The zero-order valence-corrected chi connectivity index (χ0v) is 10.1. The lowest BCUT2D eigenvalue weighted by Gasteiger charge is -2.07. The number of carbonyl (C=O) groups is 1. The van der Waals surface area contributed by atoms with E-state index in [1.807, 2.05) is 61.3 Å². The number of carbonyl (C=O) groups excluding carboxylic acids is 1. The van der Waals surface area contributed by atoms with E-state index in [0.717, 1.165) is 16.8 Å². The molecule has 0 fully saturated rings. The zero-order valence-electron chi connectivity index (χ0n) is 10.1. The van der Waals surface area contributed by atoms with Crippen molar-refractivity contribution in [3.8, 4) is 0 Å². The predicted octanol–water partition coefficient (Wildman–Crippen LogP) is 2.51. The fourth-order valence-corrected chi connectivity index (χ4v) is 1.76. The number of benzene rings is 1. The van der Waals surface area contributed by atoms with Crippen molar-refractivity contribution < 1.29 is 4.79 Å². The van der Waals surface area contributed by atoms with Crippen molar-refractivity contribution in [1.82, 2.24) is 4.57 Å². The van der Waals surface area contributed by atoms with Crippen LogP contribution in [0.5, 0.6) is 0 Å². The summed E-state index contributed by atoms with van der Waals surface area (Å²) in [6.07, 6.45) is 4.31. The molecular formula is C14H16N2O. The van der Waals surface area contributed by atoms with Crippen LogP contribution in [-0.2, 0) is 18.3 Å². The van der Waals surface area contributed by atoms with Crippen LogP contribution in [0.4, 0.5) is 5.69 Å². The number of aromatic nitrogens is 1. The molecule has 2 rings (SSSR count). The lowest BCUT2D eigenvalue weighted by molar-refractivity contribution is -0.115. The van der Waals surface area contributed by atoms with Crippen LogP contribution in [-0.4, -0.2) is 10.5 Å². The second-order valence-corrected chi connectivity index (χ2v) is 4.23. The third kappa shape index (κ3) is 2.97. The Bertz CT molecular complexity index is 529. The Morgan fingerprint density at radius 2 is 2.06 bits per heavy atom. The van der Waals surface area contributed by atoms with Crippen LogP contribution in [0, 0.1) is 6.92 Å². The number of anilines is 1. The first kappa shape index (κ1) is 11.5. The quantitative estimate of drug-likeness (QED) is 0.860. The maximum atomic E-state index is 11.8. The van der Waals surface area contributed by atoms with Gasteiger partial charge in [0.25, 0.3) is 0 Å². The predicted molar refractivity (Wildman–Crippen MR) is 68.9 cm³/mol. The third-order valence-electron chi connectivity index (χ3n) is 2.68. The molecule has 0 radical (unpaired) electrons. The number of hydrogen-bond donors (Lipinski definition) is 1. The molecule has 0 saturated carbocycles. The molecule has 0 aliphatic carbocycles. The van der Waals surface area contributed by atoms with Crippen LogP contribution in [0.2, 0.25) is 0 Å². The average molecular weight is 228 g/mol. The van der Waals surface area contributed by atoms with E-state index in [-0.39, 0.29) is 5.91 Å². The molecule has 0 atom stereocenters. The van der Waals surface area contributed by atoms with Gasteiger partial charge >= 0.3 is 0 Å². The number of nitrogens with zero attached hydrogens (tertiary/aromatic N) is 1. The van der Waals surface area contributed by atoms with Crippen molar-refractivity contribution in [2.75, 3.05) is 5.32 Å². The average Bonchev–Trinajstić information content (AvgIpc) is 2.67. The van der Waals surface area contributed by atoms with E-state index in [2.05, 4.69) is 5.32 Å². The highest BCUT2D eigenvalue weighted by Gasteiger charge is 2.06. The van der Waals surface area contributed by atoms with Crippen LogP contribution < -0.4 is 5.32 Å². The Kier molecular flexibility index (Phi) is 3.28. The first-order valence-corrected chi connectivity index (χ1v) is 5.61. The Morgan fingerprint density at radius 3 is 2.71 bits per heavy atom. The number of rotatable bonds is 3. The number of para-hydroxylation sites is 1. The highest BCUT2D eigenvalue weighted by Crippen LogP contribution is 2.13. The monoisotopic (exact) mass is 228 g/mol. The number of hydrogen-bond acceptors (Lipinski definition) is 1. The van der Waals surface area contributed by atoms with Crippen molar-refractivity contribution in [2.45, 2.75) is 13.3 Å². The summed E-state index contributed by atoms with van der Waals surface area (Å²) in [4.78, 5) is 11.8. The van der Waals surface area contributed by atoms with Gasteiger partial charge in [-0.05, 0) is 30.2 Å². The molecule has 1 aromatic heterocycles. The molecule has 0 unspecified atom stereocenters. The molecule has 0 aliphatic rings. The van der Waals surface area contributed by atoms with Crippen LogP contribution in [0.1, 0.15) is 11.1 Å². The fraction of sp³-hybridized carbons (Fsp3) is 0.214. The van der Waals surface area contributed by atoms with E-state index in [0.29, 0.717) is 6.42 Å². The molecule has 88 valence electrons. The SMILES string of the molecule is Cc1ccccc1NC(=O)Cc1ccn(C)c1. The molecule has 0 bridgehead atoms. The molecule has 1 aromatic carbocycles. The molecule has 1 heterocycles. The normalized spacial score (nSPS) is 10.2. The van der Waals surface area contributed by atoms with E-state index in [1.165, 1.54) is 0 Å². The third-order valence-corrected chi connectivity index (χ3v) is 2.68. The van der Waals surface area contributed by atoms with Gasteiger partial charge in [-0.25, -0.2) is 0 Å². The van der Waals surface area contributed by atoms with Gasteiger partial charge in [0.2, 0.25) is 5.91 Å². The van der Waals surface area contributed by atoms with Crippen molar-refractivity contribution in [3.63, 3.8) is 0 Å². The van der Waals surface area contributed by atoms with Crippen LogP contribution >= 0.6 is 0 Å². The van der Waals surface area contributed by atoms with Crippen molar-refractivity contribution >= 4 is 11.6 Å². The highest BCUT2D eigenvalue weighted by molar-refractivity contribution is 5.92. The van der Waals surface area contributed by atoms with Gasteiger partial charge in [-0.1, -0.05) is 18.2 Å². The Morgan fingerprint density at radius 1 is 1.29 bits per heavy atom. The summed E-state index contributed by atoms with van der Waals surface area (Å²) in [5.74, 6) is 0.0190. The summed E-state index contributed by atoms with van der Waals surface area (Å²) in [5.41, 5.74) is 2.99. The number of nitrogens with one attached hydrogen (secondary N) is 1. The zero-order chi connectivity index (χ0) is 12.3. The molecule has 0 aliphatic heterocycles. The summed E-state index contributed by atoms with van der Waals surface area (Å²) < 4.78 is 1.94. The minimum atomic E-state index is 0.0190. The van der Waals surface area contributed by atoms with Gasteiger partial charge < -0.3 is 9.88 Å². The van der Waals surface area contributed by atoms with E-state index < -0.39 is 0 Å². The van der Waals surface area contributed by atoms with Gasteiger partial charge in [-0.2, -0.15) is 0 Å². The van der Waals surface area contributed by atoms with Crippen LogP contribution in [0.15, 0.2) is 42.7 Å². The Hall–Kier alpha value is -2.03. The maximum Gasteiger partial charge on any atom is 0.228 e. The summed E-state index contributed by atoms with van der Waals surface area (Å²) in [6.45, 7) is 1.98. The molecule has 3 nitrogen and oxygen atoms in total. The van der Waals surface area contributed by atoms with Crippen LogP contribution in [0.25, 0.3) is 0 Å². The van der Waals surface area contributed by atoms with Gasteiger partial charge in [0.15, 0.2) is 0 Å². The smallest absolute Gasteiger partial charge is 0.228 e. The Labute approximate surface area is 101 Å². The molecule has 3 heteroatoms. The summed E-state index contributed by atoms with van der Waals surface area (Å²) in [7, 11) is 1.95. The fourth-order valence-electron chi connectivity index (χ4n) is 1.76. The van der Waals surface area contributed by atoms with E-state index in [9.17, 15) is 4.79 Å². The van der Waals surface area contributed by atoms with Gasteiger partial charge in [-0.3, -0.25) is 4.79 Å². The summed E-state index contributed by atoms with van der Waals surface area (Å²) >= 11 is 0. The van der Waals surface area contributed by atoms with Gasteiger partial charge in [-0.15, -0.1) is 0 Å². The van der Waals surface area contributed by atoms with E-state index >= 15 is 0 Å². The summed E-state index contributed by atoms with van der Waals surface area (Å²) in [6, 6.07) is 9.74. The van der Waals surface area contributed by atoms with Crippen molar-refractivity contribution in [2.24, 2.45) is 7.05 Å². The Balaban J connectivity index is 2.01. The first-order chi connectivity index (χ1) is 8.15. The van der Waals surface area contributed by atoms with E-state index in [1.54, 1.807) is 0 Å². The standard InChI is InChI=1S/C14H16N2O/c1-11-5-3-4-6-13(11)15-14(17)9-12-7-8-16(2)10-12/h3-8,10H,9H2,1-2H3,(H,15,17). The lowest BCUT2D eigenvalue weighted by Crippen LogP contribution is -2.14. The lowest BCUT2D eigenvalue weighted by atomic mass is 10.2. The van der Waals surface area contributed by atoms with Gasteiger partial charge in [0, 0.05) is 25.1 Å². The highest BCUT2D eigenvalue weighted by atomic mass is 16.1. The largest absolute Gasteiger partial charge is 0.357 e. The molecule has 0 spiro atoms. The number of amides is 1. The second-order valence-electron chi connectivity index (χ2n) is 4.23. The minimum Gasteiger partial charge on any atom is -0.357 e. The topological polar surface area (TPSA) is 34.0 Å². The second kappa shape index (κ2) is 4.87. The molecule has 1 N–H and O–H groups in total. The minimum absolute atomic E-state index is 0.0190. The van der Waals surface area contributed by atoms with Crippen molar-refractivity contribution in [3.05, 3.63) is 53.9 Å². The van der Waals surface area contributed by atoms with Gasteiger partial charge in [0.05, 0.1) is 6.42 Å².